The fourth-order valence-corrected chi connectivity index (χ4v) is 1.47. The van der Waals surface area contributed by atoms with Crippen molar-refractivity contribution in [2.75, 3.05) is 0 Å². The molecule has 2 aromatic rings. The Morgan fingerprint density at radius 2 is 2.28 bits per heavy atom. The minimum absolute atomic E-state index is 0.185. The first-order chi connectivity index (χ1) is 8.65. The van der Waals surface area contributed by atoms with Crippen LogP contribution in [0.3, 0.4) is 0 Å². The normalized spacial score (nSPS) is 10.5. The first-order valence-electron chi connectivity index (χ1n) is 5.46. The van der Waals surface area contributed by atoms with Gasteiger partial charge >= 0.3 is 5.97 Å². The lowest BCUT2D eigenvalue weighted by Crippen LogP contribution is -2.13. The summed E-state index contributed by atoms with van der Waals surface area (Å²) >= 11 is 0. The molecular weight excluding hydrogens is 234 g/mol. The van der Waals surface area contributed by atoms with Gasteiger partial charge in [-0.1, -0.05) is 5.16 Å². The summed E-state index contributed by atoms with van der Waals surface area (Å²) in [6.07, 6.45) is 1.35. The highest BCUT2D eigenvalue weighted by atomic mass is 16.5. The number of nitrogens with one attached hydrogen (secondary N) is 1. The Morgan fingerprint density at radius 3 is 2.83 bits per heavy atom. The number of aromatic carboxylic acids is 1. The molecule has 2 aromatic heterocycles. The Balaban J connectivity index is 1.85. The second kappa shape index (κ2) is 5.42. The van der Waals surface area contributed by atoms with Crippen LogP contribution >= 0.6 is 0 Å². The molecular formula is C12H13N3O3. The van der Waals surface area contributed by atoms with Crippen LogP contribution in [-0.4, -0.2) is 21.2 Å². The largest absolute Gasteiger partial charge is 0.478 e. The van der Waals surface area contributed by atoms with E-state index in [1.165, 1.54) is 12.3 Å². The van der Waals surface area contributed by atoms with Gasteiger partial charge in [-0.05, 0) is 19.1 Å². The summed E-state index contributed by atoms with van der Waals surface area (Å²) < 4.78 is 5.04. The number of hydrogen-bond donors (Lipinski definition) is 2. The van der Waals surface area contributed by atoms with Crippen LogP contribution in [0.25, 0.3) is 0 Å². The second-order valence-corrected chi connectivity index (χ2v) is 3.88. The third kappa shape index (κ3) is 3.14. The van der Waals surface area contributed by atoms with Crippen molar-refractivity contribution in [3.63, 3.8) is 0 Å². The van der Waals surface area contributed by atoms with Crippen LogP contribution in [0.4, 0.5) is 0 Å². The zero-order valence-electron chi connectivity index (χ0n) is 9.88. The predicted octanol–water partition coefficient (Wildman–Crippen LogP) is 1.37. The molecule has 0 saturated carbocycles. The summed E-state index contributed by atoms with van der Waals surface area (Å²) in [7, 11) is 0. The van der Waals surface area contributed by atoms with Gasteiger partial charge in [-0.3, -0.25) is 4.98 Å². The third-order valence-corrected chi connectivity index (χ3v) is 2.35. The maximum Gasteiger partial charge on any atom is 0.337 e. The highest BCUT2D eigenvalue weighted by Crippen LogP contribution is 2.03. The quantitative estimate of drug-likeness (QED) is 0.829. The van der Waals surface area contributed by atoms with Gasteiger partial charge in [0.15, 0.2) is 5.76 Å². The Morgan fingerprint density at radius 1 is 1.44 bits per heavy atom. The maximum atomic E-state index is 10.6. The van der Waals surface area contributed by atoms with E-state index in [4.69, 9.17) is 9.63 Å². The molecule has 0 aromatic carbocycles. The van der Waals surface area contributed by atoms with E-state index in [2.05, 4.69) is 15.5 Å². The molecule has 0 unspecified atom stereocenters. The van der Waals surface area contributed by atoms with E-state index >= 15 is 0 Å². The molecule has 0 atom stereocenters. The first kappa shape index (κ1) is 12.3. The number of rotatable bonds is 5. The molecule has 0 saturated heterocycles. The fourth-order valence-electron chi connectivity index (χ4n) is 1.47. The minimum atomic E-state index is -0.973. The second-order valence-electron chi connectivity index (χ2n) is 3.88. The Bertz CT molecular complexity index is 534. The lowest BCUT2D eigenvalue weighted by Gasteiger charge is -2.02. The number of carboxylic acids is 1. The van der Waals surface area contributed by atoms with Crippen LogP contribution in [0.5, 0.6) is 0 Å². The van der Waals surface area contributed by atoms with E-state index < -0.39 is 5.97 Å². The van der Waals surface area contributed by atoms with E-state index in [-0.39, 0.29) is 5.56 Å². The molecule has 2 rings (SSSR count). The van der Waals surface area contributed by atoms with Gasteiger partial charge in [0, 0.05) is 18.8 Å². The van der Waals surface area contributed by atoms with Gasteiger partial charge in [0.05, 0.1) is 23.5 Å². The first-order valence-corrected chi connectivity index (χ1v) is 5.46. The van der Waals surface area contributed by atoms with Crippen molar-refractivity contribution < 1.29 is 14.4 Å². The number of carbonyl (C=O) groups is 1. The van der Waals surface area contributed by atoms with Gasteiger partial charge in [-0.25, -0.2) is 4.79 Å². The highest BCUT2D eigenvalue weighted by Gasteiger charge is 2.03. The average molecular weight is 247 g/mol. The highest BCUT2D eigenvalue weighted by molar-refractivity contribution is 5.87. The average Bonchev–Trinajstić information content (AvgIpc) is 2.76. The van der Waals surface area contributed by atoms with Crippen molar-refractivity contribution in [1.29, 1.82) is 0 Å². The Kier molecular flexibility index (Phi) is 3.69. The monoisotopic (exact) mass is 247 g/mol. The molecule has 0 fully saturated rings. The van der Waals surface area contributed by atoms with Crippen LogP contribution < -0.4 is 5.32 Å². The summed E-state index contributed by atoms with van der Waals surface area (Å²) in [6.45, 7) is 2.96. The van der Waals surface area contributed by atoms with E-state index in [1.807, 2.05) is 13.0 Å². The Labute approximate surface area is 104 Å². The summed E-state index contributed by atoms with van der Waals surface area (Å²) in [5.74, 6) is -0.214. The number of nitrogens with zero attached hydrogens (tertiary/aromatic N) is 2. The summed E-state index contributed by atoms with van der Waals surface area (Å²) in [4.78, 5) is 14.7. The summed E-state index contributed by atoms with van der Waals surface area (Å²) in [6, 6.07) is 5.07. The van der Waals surface area contributed by atoms with Crippen molar-refractivity contribution >= 4 is 5.97 Å². The molecule has 94 valence electrons. The van der Waals surface area contributed by atoms with Crippen LogP contribution in [-0.2, 0) is 13.1 Å². The van der Waals surface area contributed by atoms with Crippen LogP contribution in [0.2, 0.25) is 0 Å². The van der Waals surface area contributed by atoms with Gasteiger partial charge in [0.25, 0.3) is 0 Å². The van der Waals surface area contributed by atoms with Gasteiger partial charge < -0.3 is 14.9 Å². The van der Waals surface area contributed by atoms with Crippen molar-refractivity contribution in [2.45, 2.75) is 20.0 Å². The van der Waals surface area contributed by atoms with Gasteiger partial charge in [-0.15, -0.1) is 0 Å². The molecule has 0 radical (unpaired) electrons. The molecule has 2 N–H and O–H groups in total. The smallest absolute Gasteiger partial charge is 0.337 e. The number of aromatic nitrogens is 2. The summed E-state index contributed by atoms with van der Waals surface area (Å²) in [5.41, 5.74) is 1.80. The zero-order chi connectivity index (χ0) is 13.0. The SMILES string of the molecule is Cc1cc(CNCc2ccc(C(=O)O)cn2)on1. The molecule has 18 heavy (non-hydrogen) atoms. The standard InChI is InChI=1S/C12H13N3O3/c1-8-4-11(18-15-8)7-13-6-10-3-2-9(5-14-10)12(16)17/h2-5,13H,6-7H2,1H3,(H,16,17). The third-order valence-electron chi connectivity index (χ3n) is 2.35. The lowest BCUT2D eigenvalue weighted by molar-refractivity contribution is 0.0696. The predicted molar refractivity (Wildman–Crippen MR) is 63.0 cm³/mol. The Hall–Kier alpha value is -2.21. The van der Waals surface area contributed by atoms with Crippen LogP contribution in [0.15, 0.2) is 28.9 Å². The topological polar surface area (TPSA) is 88.2 Å². The van der Waals surface area contributed by atoms with E-state index in [9.17, 15) is 4.79 Å². The maximum absolute atomic E-state index is 10.6. The molecule has 0 aliphatic carbocycles. The minimum Gasteiger partial charge on any atom is -0.478 e. The molecule has 6 nitrogen and oxygen atoms in total. The number of pyridine rings is 1. The van der Waals surface area contributed by atoms with Crippen molar-refractivity contribution in [2.24, 2.45) is 0 Å². The van der Waals surface area contributed by atoms with E-state index in [0.717, 1.165) is 17.1 Å². The van der Waals surface area contributed by atoms with Crippen molar-refractivity contribution in [3.05, 3.63) is 47.1 Å². The molecule has 0 spiro atoms. The molecule has 2 heterocycles. The van der Waals surface area contributed by atoms with Crippen molar-refractivity contribution in [1.82, 2.24) is 15.5 Å². The van der Waals surface area contributed by atoms with Gasteiger partial charge in [0.2, 0.25) is 0 Å². The molecule has 0 amide bonds. The molecule has 0 aliphatic rings. The van der Waals surface area contributed by atoms with Crippen LogP contribution in [0.1, 0.15) is 27.5 Å². The lowest BCUT2D eigenvalue weighted by atomic mass is 10.2. The van der Waals surface area contributed by atoms with Gasteiger partial charge in [0.1, 0.15) is 0 Å². The number of carboxylic acid groups (broad SMARTS) is 1. The zero-order valence-corrected chi connectivity index (χ0v) is 9.88. The number of aryl methyl sites for hydroxylation is 1. The molecule has 6 heteroatoms. The fraction of sp³-hybridized carbons (Fsp3) is 0.250. The van der Waals surface area contributed by atoms with E-state index in [0.29, 0.717) is 13.1 Å². The van der Waals surface area contributed by atoms with Crippen LogP contribution in [0, 0.1) is 6.92 Å². The molecule has 0 aliphatic heterocycles. The molecule has 0 bridgehead atoms. The summed E-state index contributed by atoms with van der Waals surface area (Å²) in [5, 5.41) is 15.6. The number of hydrogen-bond acceptors (Lipinski definition) is 5. The van der Waals surface area contributed by atoms with Gasteiger partial charge in [-0.2, -0.15) is 0 Å². The van der Waals surface area contributed by atoms with E-state index in [1.54, 1.807) is 6.07 Å². The van der Waals surface area contributed by atoms with Crippen molar-refractivity contribution in [3.8, 4) is 0 Å².